The quantitative estimate of drug-likeness (QED) is 0.784. The molecule has 0 fully saturated rings. The van der Waals surface area contributed by atoms with E-state index in [1.165, 1.54) is 18.9 Å². The molecule has 2 aromatic rings. The lowest BCUT2D eigenvalue weighted by Crippen LogP contribution is -2.15. The highest BCUT2D eigenvalue weighted by Crippen LogP contribution is 2.28. The summed E-state index contributed by atoms with van der Waals surface area (Å²) in [4.78, 5) is 24.0. The molecule has 0 atom stereocenters. The molecule has 7 heteroatoms. The summed E-state index contributed by atoms with van der Waals surface area (Å²) in [5.41, 5.74) is 6.16. The van der Waals surface area contributed by atoms with Crippen LogP contribution in [0.4, 0.5) is 5.69 Å². The molecule has 0 heterocycles. The van der Waals surface area contributed by atoms with Gasteiger partial charge in [-0.1, -0.05) is 23.7 Å². The Kier molecular flexibility index (Phi) is 5.90. The zero-order valence-corrected chi connectivity index (χ0v) is 13.9. The third kappa shape index (κ3) is 4.64. The maximum atomic E-state index is 12.4. The molecule has 0 aliphatic rings. The molecule has 23 heavy (non-hydrogen) atoms. The summed E-state index contributed by atoms with van der Waals surface area (Å²) in [5, 5.41) is 3.17. The van der Waals surface area contributed by atoms with Crippen LogP contribution in [-0.2, 0) is 4.79 Å². The number of thioether (sulfide) groups is 1. The SMILES string of the molecule is COc1ccc(NC(=O)c2ccccc2SCC(N)=O)cc1Cl. The van der Waals surface area contributed by atoms with E-state index in [1.807, 2.05) is 0 Å². The second-order valence-electron chi connectivity index (χ2n) is 4.55. The smallest absolute Gasteiger partial charge is 0.256 e. The number of benzene rings is 2. The van der Waals surface area contributed by atoms with Gasteiger partial charge in [0, 0.05) is 10.6 Å². The number of hydrogen-bond donors (Lipinski definition) is 2. The van der Waals surface area contributed by atoms with Crippen LogP contribution in [0.5, 0.6) is 5.75 Å². The predicted octanol–water partition coefficient (Wildman–Crippen LogP) is 3.18. The Hall–Kier alpha value is -2.18. The lowest BCUT2D eigenvalue weighted by Gasteiger charge is -2.10. The molecular weight excluding hydrogens is 336 g/mol. The standard InChI is InChI=1S/C16H15ClN2O3S/c1-22-13-7-6-10(8-12(13)17)19-16(21)11-4-2-3-5-14(11)23-9-15(18)20/h2-8H,9H2,1H3,(H2,18,20)(H,19,21). The van der Waals surface area contributed by atoms with Gasteiger partial charge in [0.2, 0.25) is 5.91 Å². The third-order valence-electron chi connectivity index (χ3n) is 2.91. The fourth-order valence-corrected chi connectivity index (χ4v) is 2.92. The third-order valence-corrected chi connectivity index (χ3v) is 4.30. The second-order valence-corrected chi connectivity index (χ2v) is 5.98. The summed E-state index contributed by atoms with van der Waals surface area (Å²) in [6, 6.07) is 12.0. The van der Waals surface area contributed by atoms with E-state index in [0.717, 1.165) is 0 Å². The highest BCUT2D eigenvalue weighted by atomic mass is 35.5. The number of primary amides is 1. The average molecular weight is 351 g/mol. The fourth-order valence-electron chi connectivity index (χ4n) is 1.87. The molecule has 0 radical (unpaired) electrons. The molecule has 0 saturated heterocycles. The van der Waals surface area contributed by atoms with E-state index in [-0.39, 0.29) is 11.7 Å². The molecule has 0 bridgehead atoms. The maximum absolute atomic E-state index is 12.4. The van der Waals surface area contributed by atoms with Crippen LogP contribution in [0.3, 0.4) is 0 Å². The molecule has 0 aliphatic heterocycles. The number of nitrogens with one attached hydrogen (secondary N) is 1. The number of amides is 2. The zero-order valence-electron chi connectivity index (χ0n) is 12.3. The van der Waals surface area contributed by atoms with Gasteiger partial charge < -0.3 is 15.8 Å². The van der Waals surface area contributed by atoms with Crippen molar-refractivity contribution in [3.8, 4) is 5.75 Å². The number of carbonyl (C=O) groups excluding carboxylic acids is 2. The van der Waals surface area contributed by atoms with Gasteiger partial charge >= 0.3 is 0 Å². The summed E-state index contributed by atoms with van der Waals surface area (Å²) in [6.07, 6.45) is 0. The highest BCUT2D eigenvalue weighted by Gasteiger charge is 2.13. The molecule has 0 aromatic heterocycles. The molecule has 0 aliphatic carbocycles. The van der Waals surface area contributed by atoms with E-state index >= 15 is 0 Å². The first-order valence-corrected chi connectivity index (χ1v) is 8.02. The number of carbonyl (C=O) groups is 2. The number of halogens is 1. The van der Waals surface area contributed by atoms with Crippen LogP contribution >= 0.6 is 23.4 Å². The summed E-state index contributed by atoms with van der Waals surface area (Å²) in [7, 11) is 1.52. The van der Waals surface area contributed by atoms with Gasteiger partial charge in [-0.2, -0.15) is 0 Å². The van der Waals surface area contributed by atoms with Crippen LogP contribution in [0.15, 0.2) is 47.4 Å². The van der Waals surface area contributed by atoms with Crippen LogP contribution in [0.1, 0.15) is 10.4 Å². The van der Waals surface area contributed by atoms with Gasteiger partial charge in [0.25, 0.3) is 5.91 Å². The molecule has 0 saturated carbocycles. The molecule has 5 nitrogen and oxygen atoms in total. The molecule has 0 unspecified atom stereocenters. The number of nitrogens with two attached hydrogens (primary N) is 1. The summed E-state index contributed by atoms with van der Waals surface area (Å²) < 4.78 is 5.07. The van der Waals surface area contributed by atoms with Crippen LogP contribution in [0, 0.1) is 0 Å². The summed E-state index contributed by atoms with van der Waals surface area (Å²) >= 11 is 7.26. The fraction of sp³-hybridized carbons (Fsp3) is 0.125. The Balaban J connectivity index is 2.17. The van der Waals surface area contributed by atoms with E-state index in [2.05, 4.69) is 5.32 Å². The monoisotopic (exact) mass is 350 g/mol. The Morgan fingerprint density at radius 2 is 2.00 bits per heavy atom. The number of rotatable bonds is 6. The predicted molar refractivity (Wildman–Crippen MR) is 92.3 cm³/mol. The van der Waals surface area contributed by atoms with Crippen LogP contribution < -0.4 is 15.8 Å². The molecule has 3 N–H and O–H groups in total. The topological polar surface area (TPSA) is 81.4 Å². The van der Waals surface area contributed by atoms with Crippen molar-refractivity contribution in [1.29, 1.82) is 0 Å². The first-order chi connectivity index (χ1) is 11.0. The van der Waals surface area contributed by atoms with Gasteiger partial charge in [-0.15, -0.1) is 11.8 Å². The largest absolute Gasteiger partial charge is 0.495 e. The van der Waals surface area contributed by atoms with Gasteiger partial charge in [0.15, 0.2) is 0 Å². The number of hydrogen-bond acceptors (Lipinski definition) is 4. The zero-order chi connectivity index (χ0) is 16.8. The highest BCUT2D eigenvalue weighted by molar-refractivity contribution is 8.00. The Morgan fingerprint density at radius 3 is 2.65 bits per heavy atom. The molecule has 120 valence electrons. The van der Waals surface area contributed by atoms with Crippen LogP contribution in [-0.4, -0.2) is 24.7 Å². The molecule has 0 spiro atoms. The average Bonchev–Trinajstić information content (AvgIpc) is 2.53. The number of methoxy groups -OCH3 is 1. The van der Waals surface area contributed by atoms with E-state index in [4.69, 9.17) is 22.1 Å². The van der Waals surface area contributed by atoms with Gasteiger partial charge in [-0.05, 0) is 30.3 Å². The van der Waals surface area contributed by atoms with Crippen molar-refractivity contribution in [3.05, 3.63) is 53.1 Å². The molecule has 2 aromatic carbocycles. The van der Waals surface area contributed by atoms with Gasteiger partial charge in [-0.3, -0.25) is 9.59 Å². The number of ether oxygens (including phenoxy) is 1. The van der Waals surface area contributed by atoms with Crippen molar-refractivity contribution in [2.24, 2.45) is 5.73 Å². The van der Waals surface area contributed by atoms with Crippen molar-refractivity contribution in [3.63, 3.8) is 0 Å². The van der Waals surface area contributed by atoms with E-state index in [0.29, 0.717) is 26.9 Å². The normalized spacial score (nSPS) is 10.2. The van der Waals surface area contributed by atoms with Crippen LogP contribution in [0.25, 0.3) is 0 Å². The first-order valence-electron chi connectivity index (χ1n) is 6.66. The van der Waals surface area contributed by atoms with Crippen molar-refractivity contribution in [1.82, 2.24) is 0 Å². The summed E-state index contributed by atoms with van der Waals surface area (Å²) in [6.45, 7) is 0. The minimum absolute atomic E-state index is 0.110. The van der Waals surface area contributed by atoms with Crippen molar-refractivity contribution < 1.29 is 14.3 Å². The van der Waals surface area contributed by atoms with Gasteiger partial charge in [0.05, 0.1) is 23.4 Å². The van der Waals surface area contributed by atoms with Gasteiger partial charge in [0.1, 0.15) is 5.75 Å². The lowest BCUT2D eigenvalue weighted by molar-refractivity contribution is -0.115. The van der Waals surface area contributed by atoms with Gasteiger partial charge in [-0.25, -0.2) is 0 Å². The van der Waals surface area contributed by atoms with E-state index in [9.17, 15) is 9.59 Å². The molecule has 2 amide bonds. The Morgan fingerprint density at radius 1 is 1.26 bits per heavy atom. The van der Waals surface area contributed by atoms with Crippen molar-refractivity contribution in [2.45, 2.75) is 4.90 Å². The Bertz CT molecular complexity index is 737. The van der Waals surface area contributed by atoms with Crippen LogP contribution in [0.2, 0.25) is 5.02 Å². The van der Waals surface area contributed by atoms with E-state index < -0.39 is 5.91 Å². The number of anilines is 1. The summed E-state index contributed by atoms with van der Waals surface area (Å²) in [5.74, 6) is -0.0911. The second kappa shape index (κ2) is 7.89. The minimum Gasteiger partial charge on any atom is -0.495 e. The maximum Gasteiger partial charge on any atom is 0.256 e. The molecular formula is C16H15ClN2O3S. The van der Waals surface area contributed by atoms with E-state index in [1.54, 1.807) is 42.5 Å². The molecule has 2 rings (SSSR count). The lowest BCUT2D eigenvalue weighted by atomic mass is 10.2. The van der Waals surface area contributed by atoms with Crippen molar-refractivity contribution in [2.75, 3.05) is 18.2 Å². The van der Waals surface area contributed by atoms with Crippen molar-refractivity contribution >= 4 is 40.9 Å². The minimum atomic E-state index is -0.438. The Labute approximate surface area is 143 Å². The first kappa shape index (κ1) is 17.2.